The van der Waals surface area contributed by atoms with E-state index in [0.29, 0.717) is 36.6 Å². The maximum atomic E-state index is 6.27. The molecule has 0 amide bonds. The third-order valence-electron chi connectivity index (χ3n) is 4.55. The SMILES string of the molecule is CCOC(c1noc(CC(N)C2CCCC2)n1)C1CC1. The normalized spacial score (nSPS) is 23.1. The quantitative estimate of drug-likeness (QED) is 0.830. The van der Waals surface area contributed by atoms with Gasteiger partial charge >= 0.3 is 0 Å². The lowest BCUT2D eigenvalue weighted by molar-refractivity contribution is 0.0384. The van der Waals surface area contributed by atoms with Crippen molar-refractivity contribution in [3.8, 4) is 0 Å². The summed E-state index contributed by atoms with van der Waals surface area (Å²) in [5.41, 5.74) is 6.27. The molecule has 0 spiro atoms. The van der Waals surface area contributed by atoms with Gasteiger partial charge in [-0.2, -0.15) is 4.98 Å². The highest BCUT2D eigenvalue weighted by molar-refractivity contribution is 4.99. The zero-order valence-corrected chi connectivity index (χ0v) is 12.3. The Morgan fingerprint density at radius 3 is 2.65 bits per heavy atom. The van der Waals surface area contributed by atoms with Crippen LogP contribution < -0.4 is 5.73 Å². The Labute approximate surface area is 120 Å². The summed E-state index contributed by atoms with van der Waals surface area (Å²) in [6.07, 6.45) is 8.22. The fourth-order valence-corrected chi connectivity index (χ4v) is 3.22. The van der Waals surface area contributed by atoms with Crippen LogP contribution in [0.5, 0.6) is 0 Å². The van der Waals surface area contributed by atoms with Crippen molar-refractivity contribution < 1.29 is 9.26 Å². The second-order valence-electron chi connectivity index (χ2n) is 6.17. The number of ether oxygens (including phenoxy) is 1. The maximum absolute atomic E-state index is 6.27. The van der Waals surface area contributed by atoms with Crippen LogP contribution in [0.4, 0.5) is 0 Å². The lowest BCUT2D eigenvalue weighted by Crippen LogP contribution is -2.30. The molecule has 0 radical (unpaired) electrons. The molecule has 5 heteroatoms. The first kappa shape index (κ1) is 14.0. The van der Waals surface area contributed by atoms with Crippen LogP contribution in [0.3, 0.4) is 0 Å². The Balaban J connectivity index is 1.60. The highest BCUT2D eigenvalue weighted by Gasteiger charge is 2.36. The van der Waals surface area contributed by atoms with Crippen molar-refractivity contribution in [3.05, 3.63) is 11.7 Å². The van der Waals surface area contributed by atoms with Gasteiger partial charge < -0.3 is 15.0 Å². The average molecular weight is 279 g/mol. The van der Waals surface area contributed by atoms with E-state index in [1.165, 1.54) is 38.5 Å². The van der Waals surface area contributed by atoms with Gasteiger partial charge in [0.1, 0.15) is 6.10 Å². The minimum Gasteiger partial charge on any atom is -0.370 e. The van der Waals surface area contributed by atoms with Gasteiger partial charge in [-0.3, -0.25) is 0 Å². The van der Waals surface area contributed by atoms with E-state index in [4.69, 9.17) is 15.0 Å². The monoisotopic (exact) mass is 279 g/mol. The Hall–Kier alpha value is -0.940. The van der Waals surface area contributed by atoms with Crippen LogP contribution in [0, 0.1) is 11.8 Å². The number of nitrogens with two attached hydrogens (primary N) is 1. The van der Waals surface area contributed by atoms with Crippen LogP contribution in [0.15, 0.2) is 4.52 Å². The van der Waals surface area contributed by atoms with E-state index in [1.54, 1.807) is 0 Å². The van der Waals surface area contributed by atoms with E-state index < -0.39 is 0 Å². The summed E-state index contributed by atoms with van der Waals surface area (Å²) in [5.74, 6) is 2.58. The fraction of sp³-hybridized carbons (Fsp3) is 0.867. The molecule has 5 nitrogen and oxygen atoms in total. The number of rotatable bonds is 7. The van der Waals surface area contributed by atoms with Crippen molar-refractivity contribution in [3.63, 3.8) is 0 Å². The maximum Gasteiger partial charge on any atom is 0.228 e. The molecular formula is C15H25N3O2. The molecule has 2 atom stereocenters. The highest BCUT2D eigenvalue weighted by atomic mass is 16.5. The van der Waals surface area contributed by atoms with Gasteiger partial charge in [-0.1, -0.05) is 18.0 Å². The van der Waals surface area contributed by atoms with Gasteiger partial charge in [-0.15, -0.1) is 0 Å². The Morgan fingerprint density at radius 1 is 1.25 bits per heavy atom. The first-order valence-corrected chi connectivity index (χ1v) is 7.97. The van der Waals surface area contributed by atoms with Crippen molar-refractivity contribution in [1.29, 1.82) is 0 Å². The second-order valence-corrected chi connectivity index (χ2v) is 6.17. The molecule has 1 aromatic heterocycles. The van der Waals surface area contributed by atoms with E-state index in [0.717, 1.165) is 0 Å². The molecule has 112 valence electrons. The van der Waals surface area contributed by atoms with Gasteiger partial charge in [0.25, 0.3) is 0 Å². The first-order valence-electron chi connectivity index (χ1n) is 7.97. The molecule has 1 heterocycles. The predicted molar refractivity (Wildman–Crippen MR) is 75.0 cm³/mol. The molecule has 0 aliphatic heterocycles. The zero-order valence-electron chi connectivity index (χ0n) is 12.3. The smallest absolute Gasteiger partial charge is 0.228 e. The standard InChI is InChI=1S/C15H25N3O2/c1-2-19-14(11-7-8-11)15-17-13(20-18-15)9-12(16)10-5-3-4-6-10/h10-12,14H,2-9,16H2,1H3. The third-order valence-corrected chi connectivity index (χ3v) is 4.55. The van der Waals surface area contributed by atoms with Gasteiger partial charge in [0.05, 0.1) is 0 Å². The molecule has 20 heavy (non-hydrogen) atoms. The van der Waals surface area contributed by atoms with E-state index in [-0.39, 0.29) is 12.1 Å². The molecule has 2 aliphatic carbocycles. The Morgan fingerprint density at radius 2 is 2.00 bits per heavy atom. The number of hydrogen-bond donors (Lipinski definition) is 1. The molecule has 3 rings (SSSR count). The summed E-state index contributed by atoms with van der Waals surface area (Å²) in [6, 6.07) is 0.150. The number of hydrogen-bond acceptors (Lipinski definition) is 5. The molecule has 2 saturated carbocycles. The highest BCUT2D eigenvalue weighted by Crippen LogP contribution is 2.42. The summed E-state index contributed by atoms with van der Waals surface area (Å²) in [4.78, 5) is 4.52. The lowest BCUT2D eigenvalue weighted by Gasteiger charge is -2.16. The molecule has 0 saturated heterocycles. The lowest BCUT2D eigenvalue weighted by atomic mass is 9.96. The van der Waals surface area contributed by atoms with Gasteiger partial charge in [-0.25, -0.2) is 0 Å². The van der Waals surface area contributed by atoms with Crippen LogP contribution >= 0.6 is 0 Å². The van der Waals surface area contributed by atoms with Gasteiger partial charge in [0.2, 0.25) is 11.7 Å². The summed E-state index contributed by atoms with van der Waals surface area (Å²) in [5, 5.41) is 4.11. The van der Waals surface area contributed by atoms with E-state index in [9.17, 15) is 0 Å². The number of nitrogens with zero attached hydrogens (tertiary/aromatic N) is 2. The summed E-state index contributed by atoms with van der Waals surface area (Å²) in [6.45, 7) is 2.69. The second kappa shape index (κ2) is 6.22. The minimum absolute atomic E-state index is 0.0141. The van der Waals surface area contributed by atoms with Crippen LogP contribution in [0.25, 0.3) is 0 Å². The van der Waals surface area contributed by atoms with Gasteiger partial charge in [0, 0.05) is 19.1 Å². The van der Waals surface area contributed by atoms with E-state index >= 15 is 0 Å². The van der Waals surface area contributed by atoms with Crippen molar-refractivity contribution in [2.45, 2.75) is 64.0 Å². The number of aromatic nitrogens is 2. The molecule has 2 unspecified atom stereocenters. The largest absolute Gasteiger partial charge is 0.370 e. The molecule has 2 aliphatic rings. The van der Waals surface area contributed by atoms with Crippen molar-refractivity contribution in [2.24, 2.45) is 17.6 Å². The van der Waals surface area contributed by atoms with E-state index in [1.807, 2.05) is 6.92 Å². The van der Waals surface area contributed by atoms with Crippen LogP contribution in [0.2, 0.25) is 0 Å². The summed E-state index contributed by atoms with van der Waals surface area (Å²) >= 11 is 0. The van der Waals surface area contributed by atoms with Crippen molar-refractivity contribution in [2.75, 3.05) is 6.61 Å². The predicted octanol–water partition coefficient (Wildman–Crippen LogP) is 2.62. The van der Waals surface area contributed by atoms with E-state index in [2.05, 4.69) is 10.1 Å². The van der Waals surface area contributed by atoms with Crippen LogP contribution in [0.1, 0.15) is 63.3 Å². The van der Waals surface area contributed by atoms with Gasteiger partial charge in [-0.05, 0) is 44.4 Å². The van der Waals surface area contributed by atoms with Gasteiger partial charge in [0.15, 0.2) is 0 Å². The van der Waals surface area contributed by atoms with Crippen molar-refractivity contribution in [1.82, 2.24) is 10.1 Å². The first-order chi connectivity index (χ1) is 9.78. The summed E-state index contributed by atoms with van der Waals surface area (Å²) < 4.78 is 11.1. The fourth-order valence-electron chi connectivity index (χ4n) is 3.22. The Bertz CT molecular complexity index is 425. The van der Waals surface area contributed by atoms with Crippen LogP contribution in [-0.2, 0) is 11.2 Å². The molecule has 2 fully saturated rings. The summed E-state index contributed by atoms with van der Waals surface area (Å²) in [7, 11) is 0. The molecule has 0 bridgehead atoms. The Kier molecular flexibility index (Phi) is 4.36. The average Bonchev–Trinajstić information content (AvgIpc) is 2.94. The molecule has 2 N–H and O–H groups in total. The third kappa shape index (κ3) is 3.20. The molecule has 0 aromatic carbocycles. The van der Waals surface area contributed by atoms with Crippen molar-refractivity contribution >= 4 is 0 Å². The molecular weight excluding hydrogens is 254 g/mol. The van der Waals surface area contributed by atoms with Crippen LogP contribution in [-0.4, -0.2) is 22.8 Å². The zero-order chi connectivity index (χ0) is 13.9. The minimum atomic E-state index is 0.0141. The topological polar surface area (TPSA) is 74.2 Å². The molecule has 1 aromatic rings.